The third-order valence-electron chi connectivity index (χ3n) is 4.41. The number of nitrogen functional groups attached to an aromatic ring is 1. The Morgan fingerprint density at radius 1 is 1.27 bits per heavy atom. The first-order valence-electron chi connectivity index (χ1n) is 9.48. The van der Waals surface area contributed by atoms with Gasteiger partial charge in [-0.2, -0.15) is 9.78 Å². The molecule has 13 heteroatoms. The van der Waals surface area contributed by atoms with Crippen LogP contribution in [0.5, 0.6) is 11.5 Å². The van der Waals surface area contributed by atoms with Gasteiger partial charge in [0.05, 0.1) is 19.0 Å². The summed E-state index contributed by atoms with van der Waals surface area (Å²) in [6.07, 6.45) is 1.29. The van der Waals surface area contributed by atoms with Crippen LogP contribution in [0.15, 0.2) is 63.2 Å². The zero-order chi connectivity index (χ0) is 23.2. The number of anilines is 1. The summed E-state index contributed by atoms with van der Waals surface area (Å²) in [6, 6.07) is 14.5. The van der Waals surface area contributed by atoms with Gasteiger partial charge in [-0.25, -0.2) is 10.1 Å². The minimum atomic E-state index is -0.612. The van der Waals surface area contributed by atoms with Crippen LogP contribution in [0.2, 0.25) is 0 Å². The summed E-state index contributed by atoms with van der Waals surface area (Å²) in [7, 11) is 1.44. The van der Waals surface area contributed by atoms with Crippen LogP contribution in [0.25, 0.3) is 5.82 Å². The van der Waals surface area contributed by atoms with E-state index in [1.165, 1.54) is 29.8 Å². The largest absolute Gasteiger partial charge is 0.504 e. The second-order valence-corrected chi connectivity index (χ2v) is 7.52. The predicted octanol–water partition coefficient (Wildman–Crippen LogP) is 2.00. The van der Waals surface area contributed by atoms with Gasteiger partial charge < -0.3 is 15.6 Å². The van der Waals surface area contributed by atoms with Crippen LogP contribution in [-0.2, 0) is 5.75 Å². The molecular formula is C20H18N8O4S. The lowest BCUT2D eigenvalue weighted by molar-refractivity contribution is 0.0949. The highest BCUT2D eigenvalue weighted by Gasteiger charge is 2.24. The van der Waals surface area contributed by atoms with E-state index < -0.39 is 5.91 Å². The molecule has 33 heavy (non-hydrogen) atoms. The summed E-state index contributed by atoms with van der Waals surface area (Å²) in [4.78, 5) is 13.8. The molecule has 0 aliphatic heterocycles. The number of phenols is 1. The number of hydrazone groups is 1. The molecule has 2 aromatic heterocycles. The summed E-state index contributed by atoms with van der Waals surface area (Å²) in [5.41, 5.74) is 8.98. The molecule has 2 heterocycles. The Morgan fingerprint density at radius 3 is 2.82 bits per heavy atom. The third kappa shape index (κ3) is 4.77. The Labute approximate surface area is 191 Å². The molecule has 2 aromatic carbocycles. The Morgan fingerprint density at radius 2 is 2.09 bits per heavy atom. The fraction of sp³-hybridized carbons (Fsp3) is 0.100. The molecule has 0 spiro atoms. The first kappa shape index (κ1) is 21.8. The number of nitrogens with one attached hydrogen (secondary N) is 1. The molecule has 0 saturated carbocycles. The molecule has 0 bridgehead atoms. The minimum absolute atomic E-state index is 0.00402. The average Bonchev–Trinajstić information content (AvgIpc) is 3.45. The fourth-order valence-corrected chi connectivity index (χ4v) is 3.72. The van der Waals surface area contributed by atoms with E-state index in [0.717, 1.165) is 4.90 Å². The highest BCUT2D eigenvalue weighted by atomic mass is 32.2. The number of nitrogens with two attached hydrogens (primary N) is 1. The molecule has 1 amide bonds. The zero-order valence-electron chi connectivity index (χ0n) is 17.2. The molecule has 0 atom stereocenters. The summed E-state index contributed by atoms with van der Waals surface area (Å²) < 4.78 is 11.0. The summed E-state index contributed by atoms with van der Waals surface area (Å²) in [5.74, 6) is 0.0231. The number of thioether (sulfide) groups is 1. The Kier molecular flexibility index (Phi) is 6.50. The smallest absolute Gasteiger partial charge is 0.293 e. The molecule has 4 aromatic rings. The second-order valence-electron chi connectivity index (χ2n) is 6.47. The molecule has 4 rings (SSSR count). The van der Waals surface area contributed by atoms with Crippen molar-refractivity contribution in [1.29, 1.82) is 0 Å². The number of amides is 1. The van der Waals surface area contributed by atoms with Gasteiger partial charge in [0.1, 0.15) is 0 Å². The van der Waals surface area contributed by atoms with Crippen LogP contribution in [0, 0.1) is 0 Å². The lowest BCUT2D eigenvalue weighted by Gasteiger charge is -2.06. The van der Waals surface area contributed by atoms with Gasteiger partial charge in [-0.1, -0.05) is 29.5 Å². The van der Waals surface area contributed by atoms with Crippen LogP contribution >= 0.6 is 11.8 Å². The molecule has 0 fully saturated rings. The number of carbonyl (C=O) groups is 1. The van der Waals surface area contributed by atoms with Crippen LogP contribution < -0.4 is 15.9 Å². The van der Waals surface area contributed by atoms with E-state index in [4.69, 9.17) is 10.5 Å². The number of rotatable bonds is 8. The number of aromatic hydroxyl groups is 1. The van der Waals surface area contributed by atoms with Crippen LogP contribution in [-0.4, -0.2) is 49.6 Å². The van der Waals surface area contributed by atoms with E-state index >= 15 is 0 Å². The van der Waals surface area contributed by atoms with Crippen LogP contribution in [0.4, 0.5) is 5.82 Å². The lowest BCUT2D eigenvalue weighted by atomic mass is 10.2. The SMILES string of the molecule is COc1cccc(/C=N/NC(=O)c2nnn(-c3nonc3N)c2CSc2ccccc2)c1O. The first-order valence-corrected chi connectivity index (χ1v) is 10.5. The summed E-state index contributed by atoms with van der Waals surface area (Å²) in [5, 5.41) is 29.3. The van der Waals surface area contributed by atoms with E-state index in [9.17, 15) is 9.90 Å². The van der Waals surface area contributed by atoms with Gasteiger partial charge in [0.25, 0.3) is 5.91 Å². The van der Waals surface area contributed by atoms with Crippen molar-refractivity contribution in [2.45, 2.75) is 10.6 Å². The molecular weight excluding hydrogens is 448 g/mol. The van der Waals surface area contributed by atoms with E-state index in [1.807, 2.05) is 30.3 Å². The van der Waals surface area contributed by atoms with E-state index in [2.05, 4.69) is 35.8 Å². The van der Waals surface area contributed by atoms with Gasteiger partial charge in [0, 0.05) is 16.2 Å². The van der Waals surface area contributed by atoms with Crippen molar-refractivity contribution in [2.75, 3.05) is 12.8 Å². The fourth-order valence-electron chi connectivity index (χ4n) is 2.81. The Hall–Kier alpha value is -4.39. The minimum Gasteiger partial charge on any atom is -0.504 e. The van der Waals surface area contributed by atoms with Crippen molar-refractivity contribution in [3.05, 3.63) is 65.5 Å². The molecule has 0 unspecified atom stereocenters. The maximum absolute atomic E-state index is 12.8. The van der Waals surface area contributed by atoms with Gasteiger partial charge in [-0.05, 0) is 34.6 Å². The molecule has 0 saturated heterocycles. The predicted molar refractivity (Wildman–Crippen MR) is 119 cm³/mol. The second kappa shape index (κ2) is 9.82. The number of ether oxygens (including phenoxy) is 1. The molecule has 0 aliphatic rings. The Bertz CT molecular complexity index is 1290. The number of phenolic OH excluding ortho intramolecular Hbond substituents is 1. The molecule has 0 aliphatic carbocycles. The average molecular weight is 466 g/mol. The summed E-state index contributed by atoms with van der Waals surface area (Å²) >= 11 is 1.47. The first-order chi connectivity index (χ1) is 16.1. The quantitative estimate of drug-likeness (QED) is 0.198. The monoisotopic (exact) mass is 466 g/mol. The highest BCUT2D eigenvalue weighted by Crippen LogP contribution is 2.28. The third-order valence-corrected chi connectivity index (χ3v) is 5.44. The van der Waals surface area contributed by atoms with E-state index in [1.54, 1.807) is 18.2 Å². The molecule has 168 valence electrons. The van der Waals surface area contributed by atoms with Crippen LogP contribution in [0.3, 0.4) is 0 Å². The van der Waals surface area contributed by atoms with Crippen molar-refractivity contribution < 1.29 is 19.3 Å². The maximum atomic E-state index is 12.8. The number of hydrogen-bond acceptors (Lipinski definition) is 11. The maximum Gasteiger partial charge on any atom is 0.293 e. The van der Waals surface area contributed by atoms with Crippen molar-refractivity contribution >= 4 is 29.7 Å². The van der Waals surface area contributed by atoms with Gasteiger partial charge >= 0.3 is 0 Å². The number of benzene rings is 2. The van der Waals surface area contributed by atoms with Crippen LogP contribution in [0.1, 0.15) is 21.7 Å². The topological polar surface area (TPSA) is 167 Å². The van der Waals surface area contributed by atoms with Gasteiger partial charge in [0.15, 0.2) is 17.2 Å². The molecule has 0 radical (unpaired) electrons. The van der Waals surface area contributed by atoms with Crippen molar-refractivity contribution in [2.24, 2.45) is 5.10 Å². The highest BCUT2D eigenvalue weighted by molar-refractivity contribution is 7.98. The van der Waals surface area contributed by atoms with Gasteiger partial charge in [0.2, 0.25) is 11.6 Å². The number of nitrogens with zero attached hydrogens (tertiary/aromatic N) is 6. The lowest BCUT2D eigenvalue weighted by Crippen LogP contribution is -2.20. The molecule has 12 nitrogen and oxygen atoms in total. The normalized spacial score (nSPS) is 11.1. The van der Waals surface area contributed by atoms with E-state index in [-0.39, 0.29) is 28.8 Å². The number of carbonyl (C=O) groups excluding carboxylic acids is 1. The van der Waals surface area contributed by atoms with Crippen molar-refractivity contribution in [1.82, 2.24) is 30.7 Å². The van der Waals surface area contributed by atoms with Crippen molar-refractivity contribution in [3.63, 3.8) is 0 Å². The number of methoxy groups -OCH3 is 1. The zero-order valence-corrected chi connectivity index (χ0v) is 18.1. The van der Waals surface area contributed by atoms with Crippen molar-refractivity contribution in [3.8, 4) is 17.3 Å². The standard InChI is InChI=1S/C20H18N8O4S/c1-31-15-9-5-6-12(17(15)29)10-22-24-20(30)16-14(11-33-13-7-3-2-4-8-13)28(27-23-16)19-18(21)25-32-26-19/h2-10,29H,11H2,1H3,(H2,21,25)(H,24,30)/b22-10+. The number of aromatic nitrogens is 5. The number of para-hydroxylation sites is 1. The Balaban J connectivity index is 1.58. The van der Waals surface area contributed by atoms with Gasteiger partial charge in [-0.15, -0.1) is 16.9 Å². The van der Waals surface area contributed by atoms with Gasteiger partial charge in [-0.3, -0.25) is 4.79 Å². The van der Waals surface area contributed by atoms with E-state index in [0.29, 0.717) is 17.0 Å². The molecule has 4 N–H and O–H groups in total. The summed E-state index contributed by atoms with van der Waals surface area (Å²) in [6.45, 7) is 0. The number of hydrogen-bond donors (Lipinski definition) is 3.